The van der Waals surface area contributed by atoms with Crippen LogP contribution in [-0.4, -0.2) is 34.7 Å². The second kappa shape index (κ2) is 8.33. The van der Waals surface area contributed by atoms with Crippen LogP contribution in [-0.2, 0) is 14.3 Å². The van der Waals surface area contributed by atoms with Crippen molar-refractivity contribution in [2.45, 2.75) is 51.8 Å². The van der Waals surface area contributed by atoms with Gasteiger partial charge in [0.05, 0.1) is 12.5 Å². The van der Waals surface area contributed by atoms with Crippen LogP contribution in [0.25, 0.3) is 0 Å². The summed E-state index contributed by atoms with van der Waals surface area (Å²) in [5.74, 6) is -1.52. The molecule has 0 saturated heterocycles. The van der Waals surface area contributed by atoms with Gasteiger partial charge in [-0.2, -0.15) is 0 Å². The summed E-state index contributed by atoms with van der Waals surface area (Å²) < 4.78 is 5.09. The molecule has 1 aromatic rings. The highest BCUT2D eigenvalue weighted by molar-refractivity contribution is 5.86. The number of hydrogen-bond donors (Lipinski definition) is 3. The summed E-state index contributed by atoms with van der Waals surface area (Å²) in [5, 5.41) is 14.1. The first kappa shape index (κ1) is 19.5. The monoisotopic (exact) mass is 336 g/mol. The molecule has 0 heterocycles. The number of benzene rings is 1. The second-order valence-electron chi connectivity index (χ2n) is 6.44. The molecule has 0 aliphatic rings. The van der Waals surface area contributed by atoms with Gasteiger partial charge in [-0.25, -0.2) is 4.79 Å². The predicted octanol–water partition coefficient (Wildman–Crippen LogP) is 2.23. The standard InChI is InChI=1S/C17H24N2O5/c1-11(18-16(23)24-17(2,3)4)15(22)19-13(10-14(20)21)12-8-6-5-7-9-12/h5-9,11,13H,10H2,1-4H3,(H,18,23)(H,19,22)(H,20,21). The lowest BCUT2D eigenvalue weighted by Crippen LogP contribution is -2.47. The first-order chi connectivity index (χ1) is 11.1. The summed E-state index contributed by atoms with van der Waals surface area (Å²) in [7, 11) is 0. The summed E-state index contributed by atoms with van der Waals surface area (Å²) in [4.78, 5) is 35.0. The lowest BCUT2D eigenvalue weighted by molar-refractivity contribution is -0.137. The smallest absolute Gasteiger partial charge is 0.408 e. The molecule has 0 bridgehead atoms. The van der Waals surface area contributed by atoms with E-state index >= 15 is 0 Å². The van der Waals surface area contributed by atoms with Gasteiger partial charge in [0, 0.05) is 0 Å². The number of carbonyl (C=O) groups excluding carboxylic acids is 2. The Kier molecular flexibility index (Phi) is 6.76. The molecule has 1 aromatic carbocycles. The van der Waals surface area contributed by atoms with Crippen LogP contribution in [0.3, 0.4) is 0 Å². The lowest BCUT2D eigenvalue weighted by atomic mass is 10.0. The van der Waals surface area contributed by atoms with Crippen LogP contribution in [0.2, 0.25) is 0 Å². The number of hydrogen-bond acceptors (Lipinski definition) is 4. The first-order valence-corrected chi connectivity index (χ1v) is 7.65. The quantitative estimate of drug-likeness (QED) is 0.739. The van der Waals surface area contributed by atoms with Crippen molar-refractivity contribution in [3.05, 3.63) is 35.9 Å². The number of ether oxygens (including phenoxy) is 1. The van der Waals surface area contributed by atoms with Crippen molar-refractivity contribution in [2.75, 3.05) is 0 Å². The molecule has 24 heavy (non-hydrogen) atoms. The number of alkyl carbamates (subject to hydrolysis) is 1. The van der Waals surface area contributed by atoms with Gasteiger partial charge in [0.15, 0.2) is 0 Å². The number of aliphatic carboxylic acids is 1. The Labute approximate surface area is 141 Å². The minimum absolute atomic E-state index is 0.255. The van der Waals surface area contributed by atoms with Crippen LogP contribution < -0.4 is 10.6 Å². The van der Waals surface area contributed by atoms with Gasteiger partial charge in [0.2, 0.25) is 5.91 Å². The van der Waals surface area contributed by atoms with Crippen LogP contribution in [0.1, 0.15) is 45.7 Å². The molecule has 2 unspecified atom stereocenters. The molecule has 0 saturated carbocycles. The van der Waals surface area contributed by atoms with Gasteiger partial charge in [0.25, 0.3) is 0 Å². The summed E-state index contributed by atoms with van der Waals surface area (Å²) in [6.07, 6.45) is -0.964. The highest BCUT2D eigenvalue weighted by Gasteiger charge is 2.24. The molecule has 7 heteroatoms. The van der Waals surface area contributed by atoms with Crippen molar-refractivity contribution in [3.8, 4) is 0 Å². The maximum atomic E-state index is 12.2. The van der Waals surface area contributed by atoms with Crippen LogP contribution in [0, 0.1) is 0 Å². The van der Waals surface area contributed by atoms with Crippen molar-refractivity contribution in [3.63, 3.8) is 0 Å². The molecule has 0 aliphatic carbocycles. The molecule has 132 valence electrons. The Morgan fingerprint density at radius 1 is 1.12 bits per heavy atom. The average Bonchev–Trinajstić information content (AvgIpc) is 2.44. The van der Waals surface area contributed by atoms with Crippen molar-refractivity contribution in [2.24, 2.45) is 0 Å². The Morgan fingerprint density at radius 2 is 1.71 bits per heavy atom. The molecule has 2 atom stereocenters. The fourth-order valence-corrected chi connectivity index (χ4v) is 1.96. The molecule has 3 N–H and O–H groups in total. The summed E-state index contributed by atoms with van der Waals surface area (Å²) >= 11 is 0. The molecule has 1 rings (SSSR count). The van der Waals surface area contributed by atoms with Crippen molar-refractivity contribution >= 4 is 18.0 Å². The van der Waals surface area contributed by atoms with E-state index in [9.17, 15) is 14.4 Å². The number of rotatable bonds is 6. The largest absolute Gasteiger partial charge is 0.481 e. The molecule has 0 aliphatic heterocycles. The van der Waals surface area contributed by atoms with Gasteiger partial charge in [-0.1, -0.05) is 30.3 Å². The Bertz CT molecular complexity index is 580. The summed E-state index contributed by atoms with van der Waals surface area (Å²) in [6, 6.07) is 7.26. The van der Waals surface area contributed by atoms with Crippen molar-refractivity contribution < 1.29 is 24.2 Å². The molecule has 0 fully saturated rings. The number of carboxylic acids is 1. The zero-order valence-corrected chi connectivity index (χ0v) is 14.3. The van der Waals surface area contributed by atoms with Gasteiger partial charge in [-0.3, -0.25) is 9.59 Å². The highest BCUT2D eigenvalue weighted by Crippen LogP contribution is 2.16. The van der Waals surface area contributed by atoms with E-state index in [4.69, 9.17) is 9.84 Å². The minimum atomic E-state index is -1.03. The summed E-state index contributed by atoms with van der Waals surface area (Å²) in [5.41, 5.74) is 0.00797. The minimum Gasteiger partial charge on any atom is -0.481 e. The fraction of sp³-hybridized carbons (Fsp3) is 0.471. The topological polar surface area (TPSA) is 105 Å². The molecule has 0 radical (unpaired) electrons. The third-order valence-corrected chi connectivity index (χ3v) is 3.02. The van der Waals surface area contributed by atoms with E-state index in [-0.39, 0.29) is 6.42 Å². The number of carboxylic acid groups (broad SMARTS) is 1. The van der Waals surface area contributed by atoms with E-state index in [1.165, 1.54) is 6.92 Å². The van der Waals surface area contributed by atoms with Gasteiger partial charge < -0.3 is 20.5 Å². The molecule has 0 spiro atoms. The zero-order valence-electron chi connectivity index (χ0n) is 14.3. The van der Waals surface area contributed by atoms with E-state index in [0.29, 0.717) is 5.56 Å². The number of nitrogens with one attached hydrogen (secondary N) is 2. The number of carbonyl (C=O) groups is 3. The van der Waals surface area contributed by atoms with E-state index in [1.807, 2.05) is 0 Å². The molecular weight excluding hydrogens is 312 g/mol. The molecule has 2 amide bonds. The molecule has 0 aromatic heterocycles. The SMILES string of the molecule is CC(NC(=O)OC(C)(C)C)C(=O)NC(CC(=O)O)c1ccccc1. The van der Waals surface area contributed by atoms with Crippen molar-refractivity contribution in [1.29, 1.82) is 0 Å². The van der Waals surface area contributed by atoms with Crippen LogP contribution in [0.4, 0.5) is 4.79 Å². The summed E-state index contributed by atoms with van der Waals surface area (Å²) in [6.45, 7) is 6.66. The molecular formula is C17H24N2O5. The Morgan fingerprint density at radius 3 is 2.21 bits per heavy atom. The Balaban J connectivity index is 2.70. The highest BCUT2D eigenvalue weighted by atomic mass is 16.6. The van der Waals surface area contributed by atoms with Crippen LogP contribution in [0.15, 0.2) is 30.3 Å². The van der Waals surface area contributed by atoms with E-state index in [1.54, 1.807) is 51.1 Å². The van der Waals surface area contributed by atoms with E-state index in [0.717, 1.165) is 0 Å². The third kappa shape index (κ3) is 7.13. The van der Waals surface area contributed by atoms with E-state index < -0.39 is 35.7 Å². The maximum Gasteiger partial charge on any atom is 0.408 e. The number of amides is 2. The second-order valence-corrected chi connectivity index (χ2v) is 6.44. The first-order valence-electron chi connectivity index (χ1n) is 7.65. The lowest BCUT2D eigenvalue weighted by Gasteiger charge is -2.23. The van der Waals surface area contributed by atoms with Gasteiger partial charge in [0.1, 0.15) is 11.6 Å². The third-order valence-electron chi connectivity index (χ3n) is 3.02. The zero-order chi connectivity index (χ0) is 18.3. The normalized spacial score (nSPS) is 13.5. The maximum absolute atomic E-state index is 12.2. The van der Waals surface area contributed by atoms with Gasteiger partial charge >= 0.3 is 12.1 Å². The Hall–Kier alpha value is -2.57. The predicted molar refractivity (Wildman–Crippen MR) is 88.4 cm³/mol. The van der Waals surface area contributed by atoms with Gasteiger partial charge in [-0.15, -0.1) is 0 Å². The van der Waals surface area contributed by atoms with Crippen LogP contribution in [0.5, 0.6) is 0 Å². The molecule has 7 nitrogen and oxygen atoms in total. The van der Waals surface area contributed by atoms with Crippen molar-refractivity contribution in [1.82, 2.24) is 10.6 Å². The van der Waals surface area contributed by atoms with E-state index in [2.05, 4.69) is 10.6 Å². The fourth-order valence-electron chi connectivity index (χ4n) is 1.96. The van der Waals surface area contributed by atoms with Crippen LogP contribution >= 0.6 is 0 Å². The van der Waals surface area contributed by atoms with Gasteiger partial charge in [-0.05, 0) is 33.3 Å². The average molecular weight is 336 g/mol.